The molecule has 0 aromatic heterocycles. The summed E-state index contributed by atoms with van der Waals surface area (Å²) >= 11 is 12.5. The SMILES string of the molecule is COC(=O)c1cc(Cl)c(-c2cccc3cccc(Cl)c23)c(F)c1N. The van der Waals surface area contributed by atoms with Crippen LogP contribution in [0, 0.1) is 5.82 Å². The third-order valence-electron chi connectivity index (χ3n) is 3.78. The Hall–Kier alpha value is -2.30. The van der Waals surface area contributed by atoms with Gasteiger partial charge in [-0.2, -0.15) is 0 Å². The van der Waals surface area contributed by atoms with Crippen molar-refractivity contribution in [3.8, 4) is 11.1 Å². The van der Waals surface area contributed by atoms with Gasteiger partial charge in [-0.05, 0) is 23.1 Å². The first-order valence-corrected chi connectivity index (χ1v) is 7.74. The second-order valence-electron chi connectivity index (χ2n) is 5.14. The fourth-order valence-electron chi connectivity index (χ4n) is 2.66. The van der Waals surface area contributed by atoms with Crippen molar-refractivity contribution in [3.63, 3.8) is 0 Å². The fraction of sp³-hybridized carbons (Fsp3) is 0.0556. The Kier molecular flexibility index (Phi) is 4.35. The van der Waals surface area contributed by atoms with Crippen LogP contribution in [-0.4, -0.2) is 13.1 Å². The highest BCUT2D eigenvalue weighted by Crippen LogP contribution is 2.41. The predicted molar refractivity (Wildman–Crippen MR) is 95.1 cm³/mol. The summed E-state index contributed by atoms with van der Waals surface area (Å²) in [6, 6.07) is 12.0. The van der Waals surface area contributed by atoms with Gasteiger partial charge >= 0.3 is 5.97 Å². The van der Waals surface area contributed by atoms with Gasteiger partial charge in [0.15, 0.2) is 5.82 Å². The molecule has 0 radical (unpaired) electrons. The quantitative estimate of drug-likeness (QED) is 0.495. The fourth-order valence-corrected chi connectivity index (χ4v) is 3.24. The molecular weight excluding hydrogens is 352 g/mol. The van der Waals surface area contributed by atoms with E-state index in [9.17, 15) is 9.18 Å². The van der Waals surface area contributed by atoms with Crippen LogP contribution in [0.25, 0.3) is 21.9 Å². The molecule has 0 spiro atoms. The van der Waals surface area contributed by atoms with Crippen LogP contribution in [0.4, 0.5) is 10.1 Å². The molecule has 3 aromatic rings. The number of ether oxygens (including phenoxy) is 1. The number of methoxy groups -OCH3 is 1. The van der Waals surface area contributed by atoms with E-state index in [1.165, 1.54) is 13.2 Å². The first kappa shape index (κ1) is 16.6. The Labute approximate surface area is 147 Å². The summed E-state index contributed by atoms with van der Waals surface area (Å²) in [7, 11) is 1.19. The second kappa shape index (κ2) is 6.30. The first-order chi connectivity index (χ1) is 11.5. The van der Waals surface area contributed by atoms with Gasteiger partial charge in [0.25, 0.3) is 0 Å². The molecule has 0 saturated heterocycles. The number of carbonyl (C=O) groups excluding carboxylic acids is 1. The molecule has 3 aromatic carbocycles. The van der Waals surface area contributed by atoms with Gasteiger partial charge in [-0.3, -0.25) is 0 Å². The van der Waals surface area contributed by atoms with Crippen LogP contribution in [0.15, 0.2) is 42.5 Å². The van der Waals surface area contributed by atoms with Crippen molar-refractivity contribution in [1.29, 1.82) is 0 Å². The third-order valence-corrected chi connectivity index (χ3v) is 4.40. The number of hydrogen-bond acceptors (Lipinski definition) is 3. The zero-order valence-corrected chi connectivity index (χ0v) is 14.1. The van der Waals surface area contributed by atoms with E-state index >= 15 is 0 Å². The highest BCUT2D eigenvalue weighted by Gasteiger charge is 2.22. The standard InChI is InChI=1S/C18H12Cl2FNO2/c1-24-18(23)11-8-13(20)15(16(21)17(11)22)10-6-2-4-9-5-3-7-12(19)14(9)10/h2-8H,22H2,1H3. The smallest absolute Gasteiger partial charge is 0.340 e. The van der Waals surface area contributed by atoms with Crippen LogP contribution >= 0.6 is 23.2 Å². The topological polar surface area (TPSA) is 52.3 Å². The molecular formula is C18H12Cl2FNO2. The number of nitrogens with two attached hydrogens (primary N) is 1. The minimum atomic E-state index is -0.782. The molecule has 0 aliphatic rings. The van der Waals surface area contributed by atoms with Gasteiger partial charge in [0.1, 0.15) is 0 Å². The Morgan fingerprint density at radius 3 is 2.46 bits per heavy atom. The molecule has 24 heavy (non-hydrogen) atoms. The second-order valence-corrected chi connectivity index (χ2v) is 5.96. The molecule has 0 bridgehead atoms. The maximum absolute atomic E-state index is 14.9. The average Bonchev–Trinajstić information content (AvgIpc) is 2.58. The number of rotatable bonds is 2. The molecule has 0 saturated carbocycles. The van der Waals surface area contributed by atoms with Crippen molar-refractivity contribution >= 4 is 45.6 Å². The Bertz CT molecular complexity index is 968. The van der Waals surface area contributed by atoms with Crippen LogP contribution in [0.5, 0.6) is 0 Å². The lowest BCUT2D eigenvalue weighted by molar-refractivity contribution is 0.0601. The van der Waals surface area contributed by atoms with Crippen LogP contribution in [0.3, 0.4) is 0 Å². The van der Waals surface area contributed by atoms with Gasteiger partial charge < -0.3 is 10.5 Å². The van der Waals surface area contributed by atoms with Crippen LogP contribution in [0.2, 0.25) is 10.0 Å². The summed E-state index contributed by atoms with van der Waals surface area (Å²) in [6.07, 6.45) is 0. The molecule has 0 fully saturated rings. The molecule has 0 amide bonds. The minimum absolute atomic E-state index is 0.0505. The zero-order valence-electron chi connectivity index (χ0n) is 12.6. The molecule has 3 nitrogen and oxygen atoms in total. The highest BCUT2D eigenvalue weighted by atomic mass is 35.5. The van der Waals surface area contributed by atoms with E-state index in [-0.39, 0.29) is 21.8 Å². The normalized spacial score (nSPS) is 10.8. The zero-order chi connectivity index (χ0) is 17.4. The van der Waals surface area contributed by atoms with Crippen LogP contribution < -0.4 is 5.73 Å². The predicted octanol–water partition coefficient (Wildman–Crippen LogP) is 5.32. The number of halogens is 3. The number of esters is 1. The van der Waals surface area contributed by atoms with Gasteiger partial charge in [-0.25, -0.2) is 9.18 Å². The number of nitrogen functional groups attached to an aromatic ring is 1. The Morgan fingerprint density at radius 2 is 1.79 bits per heavy atom. The van der Waals surface area contributed by atoms with E-state index in [0.29, 0.717) is 16.0 Å². The first-order valence-electron chi connectivity index (χ1n) is 6.99. The molecule has 122 valence electrons. The van der Waals surface area contributed by atoms with E-state index < -0.39 is 11.8 Å². The van der Waals surface area contributed by atoms with Crippen molar-refractivity contribution < 1.29 is 13.9 Å². The lowest BCUT2D eigenvalue weighted by Crippen LogP contribution is -2.08. The molecule has 0 heterocycles. The molecule has 3 rings (SSSR count). The Morgan fingerprint density at radius 1 is 1.12 bits per heavy atom. The molecule has 0 unspecified atom stereocenters. The number of hydrogen-bond donors (Lipinski definition) is 1. The number of fused-ring (bicyclic) bond motifs is 1. The van der Waals surface area contributed by atoms with Crippen LogP contribution in [-0.2, 0) is 4.74 Å². The molecule has 2 N–H and O–H groups in total. The van der Waals surface area contributed by atoms with Gasteiger partial charge in [0.2, 0.25) is 0 Å². The summed E-state index contributed by atoms with van der Waals surface area (Å²) in [5, 5.41) is 2.02. The largest absolute Gasteiger partial charge is 0.465 e. The number of carbonyl (C=O) groups is 1. The van der Waals surface area contributed by atoms with Gasteiger partial charge in [0.05, 0.1) is 23.4 Å². The van der Waals surface area contributed by atoms with E-state index in [0.717, 1.165) is 5.39 Å². The van der Waals surface area contributed by atoms with Crippen molar-refractivity contribution in [1.82, 2.24) is 0 Å². The summed E-state index contributed by atoms with van der Waals surface area (Å²) in [4.78, 5) is 11.7. The molecule has 0 aliphatic carbocycles. The van der Waals surface area contributed by atoms with E-state index in [2.05, 4.69) is 4.74 Å². The summed E-state index contributed by atoms with van der Waals surface area (Å²) in [6.45, 7) is 0. The van der Waals surface area contributed by atoms with Crippen molar-refractivity contribution in [3.05, 3.63) is 63.9 Å². The minimum Gasteiger partial charge on any atom is -0.465 e. The van der Waals surface area contributed by atoms with E-state index in [1.807, 2.05) is 12.1 Å². The summed E-state index contributed by atoms with van der Waals surface area (Å²) in [5.41, 5.74) is 5.95. The third kappa shape index (κ3) is 2.58. The maximum atomic E-state index is 14.9. The van der Waals surface area contributed by atoms with Crippen LogP contribution in [0.1, 0.15) is 10.4 Å². The average molecular weight is 364 g/mol. The highest BCUT2D eigenvalue weighted by molar-refractivity contribution is 6.38. The Balaban J connectivity index is 2.36. The van der Waals surface area contributed by atoms with Gasteiger partial charge in [-0.15, -0.1) is 0 Å². The molecule has 0 aliphatic heterocycles. The monoisotopic (exact) mass is 363 g/mol. The van der Waals surface area contributed by atoms with Gasteiger partial charge in [0, 0.05) is 16.0 Å². The lowest BCUT2D eigenvalue weighted by atomic mass is 9.96. The molecule has 6 heteroatoms. The summed E-state index contributed by atoms with van der Waals surface area (Å²) < 4.78 is 19.5. The van der Waals surface area contributed by atoms with E-state index in [4.69, 9.17) is 28.9 Å². The summed E-state index contributed by atoms with van der Waals surface area (Å²) in [5.74, 6) is -1.54. The van der Waals surface area contributed by atoms with E-state index in [1.54, 1.807) is 24.3 Å². The van der Waals surface area contributed by atoms with Crippen molar-refractivity contribution in [2.75, 3.05) is 12.8 Å². The van der Waals surface area contributed by atoms with Crippen molar-refractivity contribution in [2.45, 2.75) is 0 Å². The maximum Gasteiger partial charge on any atom is 0.340 e. The lowest BCUT2D eigenvalue weighted by Gasteiger charge is -2.14. The number of benzene rings is 3. The van der Waals surface area contributed by atoms with Gasteiger partial charge in [-0.1, -0.05) is 53.5 Å². The number of anilines is 1. The van der Waals surface area contributed by atoms with Crippen molar-refractivity contribution in [2.24, 2.45) is 0 Å². The molecule has 0 atom stereocenters.